The van der Waals surface area contributed by atoms with E-state index in [1.54, 1.807) is 32.9 Å². The van der Waals surface area contributed by atoms with Crippen LogP contribution in [0.2, 0.25) is 0 Å². The molecule has 3 unspecified atom stereocenters. The molecule has 0 aromatic rings. The van der Waals surface area contributed by atoms with Crippen LogP contribution in [0.5, 0.6) is 0 Å². The maximum absolute atomic E-state index is 12.5. The maximum Gasteiger partial charge on any atom is 0.411 e. The highest BCUT2D eigenvalue weighted by atomic mass is 32.2. The number of carbonyl (C=O) groups is 1. The van der Waals surface area contributed by atoms with E-state index in [0.29, 0.717) is 6.42 Å². The van der Waals surface area contributed by atoms with Gasteiger partial charge in [0, 0.05) is 7.05 Å². The number of hydrogen-bond acceptors (Lipinski definition) is 6. The Hall–Kier alpha value is -1.45. The number of carbonyl (C=O) groups excluding carboxylic acids is 1. The quantitative estimate of drug-likeness (QED) is 0.0828. The summed E-state index contributed by atoms with van der Waals surface area (Å²) in [5.41, 5.74) is 3.92. The molecule has 4 N–H and O–H groups in total. The number of hydrogen-bond donors (Lipinski definition) is 3. The molecule has 1 heterocycles. The molecule has 0 fully saturated rings. The second-order valence-corrected chi connectivity index (χ2v) is 11.5. The van der Waals surface area contributed by atoms with Crippen molar-refractivity contribution in [3.8, 4) is 0 Å². The van der Waals surface area contributed by atoms with Gasteiger partial charge in [-0.2, -0.15) is 0 Å². The molecule has 0 aromatic heterocycles. The summed E-state index contributed by atoms with van der Waals surface area (Å²) in [6.07, 6.45) is 2.97. The Morgan fingerprint density at radius 3 is 2.48 bits per heavy atom. The SMILES string of the molecule is CN(C(=O)OC(C)(C)C)C1(/C(N)=N/O)C=CC(C(O)CCC[SH+]C(C)(C)C)OC1. The molecule has 1 aliphatic rings. The van der Waals surface area contributed by atoms with Crippen molar-refractivity contribution in [2.45, 2.75) is 82.5 Å². The highest BCUT2D eigenvalue weighted by Gasteiger charge is 2.45. The second kappa shape index (κ2) is 10.0. The van der Waals surface area contributed by atoms with Gasteiger partial charge in [0.05, 0.1) is 12.7 Å². The summed E-state index contributed by atoms with van der Waals surface area (Å²) < 4.78 is 11.5. The molecule has 0 aliphatic carbocycles. The minimum Gasteiger partial charge on any atom is -0.444 e. The molecule has 0 saturated heterocycles. The summed E-state index contributed by atoms with van der Waals surface area (Å²) in [6, 6.07) is 0. The van der Waals surface area contributed by atoms with Gasteiger partial charge in [-0.15, -0.1) is 0 Å². The molecule has 1 rings (SSSR count). The van der Waals surface area contributed by atoms with Crippen molar-refractivity contribution in [1.82, 2.24) is 4.90 Å². The number of thiol groups is 1. The molecule has 1 aliphatic heterocycles. The van der Waals surface area contributed by atoms with Gasteiger partial charge in [-0.1, -0.05) is 17.3 Å². The number of amides is 1. The lowest BCUT2D eigenvalue weighted by molar-refractivity contribution is -0.0503. The normalized spacial score (nSPS) is 24.3. The fourth-order valence-corrected chi connectivity index (χ4v) is 3.83. The van der Waals surface area contributed by atoms with E-state index < -0.39 is 29.4 Å². The summed E-state index contributed by atoms with van der Waals surface area (Å²) in [5, 5.41) is 22.8. The van der Waals surface area contributed by atoms with Crippen molar-refractivity contribution in [2.75, 3.05) is 19.4 Å². The average Bonchev–Trinajstić information content (AvgIpc) is 2.61. The molecule has 0 bridgehead atoms. The summed E-state index contributed by atoms with van der Waals surface area (Å²) in [4.78, 5) is 13.8. The topological polar surface area (TPSA) is 118 Å². The van der Waals surface area contributed by atoms with Crippen LogP contribution in [0.25, 0.3) is 0 Å². The number of likely N-dealkylation sites (N-methyl/N-ethyl adjacent to an activating group) is 1. The van der Waals surface area contributed by atoms with Crippen LogP contribution < -0.4 is 5.73 Å². The van der Waals surface area contributed by atoms with Crippen LogP contribution in [0.3, 0.4) is 0 Å². The van der Waals surface area contributed by atoms with Crippen LogP contribution in [0.15, 0.2) is 17.3 Å². The number of aliphatic hydroxyl groups excluding tert-OH is 1. The van der Waals surface area contributed by atoms with Gasteiger partial charge in [0.25, 0.3) is 0 Å². The van der Waals surface area contributed by atoms with Crippen LogP contribution in [0, 0.1) is 0 Å². The van der Waals surface area contributed by atoms with Crippen LogP contribution >= 0.6 is 0 Å². The maximum atomic E-state index is 12.5. The van der Waals surface area contributed by atoms with Gasteiger partial charge in [0.1, 0.15) is 27.7 Å². The molecule has 168 valence electrons. The summed E-state index contributed by atoms with van der Waals surface area (Å²) >= 11 is 1.35. The molecule has 0 saturated carbocycles. The zero-order valence-corrected chi connectivity index (χ0v) is 19.6. The zero-order chi connectivity index (χ0) is 22.5. The lowest BCUT2D eigenvalue weighted by Gasteiger charge is -2.42. The number of nitrogens with zero attached hydrogens (tertiary/aromatic N) is 2. The molecule has 29 heavy (non-hydrogen) atoms. The Morgan fingerprint density at radius 2 is 2.03 bits per heavy atom. The van der Waals surface area contributed by atoms with Crippen molar-refractivity contribution < 1.29 is 24.6 Å². The lowest BCUT2D eigenvalue weighted by atomic mass is 9.92. The minimum absolute atomic E-state index is 0.0584. The molecule has 0 aromatic carbocycles. The van der Waals surface area contributed by atoms with Gasteiger partial charge in [-0.3, -0.25) is 4.90 Å². The smallest absolute Gasteiger partial charge is 0.411 e. The van der Waals surface area contributed by atoms with E-state index in [-0.39, 0.29) is 17.2 Å². The first-order valence-corrected chi connectivity index (χ1v) is 10.9. The highest BCUT2D eigenvalue weighted by Crippen LogP contribution is 2.27. The Morgan fingerprint density at radius 1 is 1.41 bits per heavy atom. The summed E-state index contributed by atoms with van der Waals surface area (Å²) in [5.74, 6) is 0.811. The lowest BCUT2D eigenvalue weighted by Crippen LogP contribution is -2.62. The molecule has 9 heteroatoms. The Bertz CT molecular complexity index is 612. The van der Waals surface area contributed by atoms with E-state index in [9.17, 15) is 15.1 Å². The van der Waals surface area contributed by atoms with E-state index in [1.807, 2.05) is 0 Å². The highest BCUT2D eigenvalue weighted by molar-refractivity contribution is 7.79. The van der Waals surface area contributed by atoms with Crippen molar-refractivity contribution in [2.24, 2.45) is 10.9 Å². The average molecular weight is 433 g/mol. The van der Waals surface area contributed by atoms with E-state index in [4.69, 9.17) is 15.2 Å². The largest absolute Gasteiger partial charge is 0.444 e. The van der Waals surface area contributed by atoms with Crippen molar-refractivity contribution in [3.63, 3.8) is 0 Å². The van der Waals surface area contributed by atoms with Crippen molar-refractivity contribution in [3.05, 3.63) is 12.2 Å². The molecular weight excluding hydrogens is 394 g/mol. The van der Waals surface area contributed by atoms with Crippen molar-refractivity contribution in [1.29, 1.82) is 0 Å². The zero-order valence-electron chi connectivity index (χ0n) is 18.7. The van der Waals surface area contributed by atoms with Crippen LogP contribution in [0.1, 0.15) is 54.4 Å². The molecule has 0 radical (unpaired) electrons. The third-order valence-corrected chi connectivity index (χ3v) is 5.99. The predicted molar refractivity (Wildman–Crippen MR) is 118 cm³/mol. The number of aliphatic hydroxyl groups is 1. The Balaban J connectivity index is 2.83. The number of amidine groups is 1. The summed E-state index contributed by atoms with van der Waals surface area (Å²) in [6.45, 7) is 11.8. The van der Waals surface area contributed by atoms with Gasteiger partial charge in [-0.05, 0) is 66.1 Å². The number of nitrogens with two attached hydrogens (primary N) is 1. The van der Waals surface area contributed by atoms with E-state index in [2.05, 4.69) is 25.9 Å². The van der Waals surface area contributed by atoms with Gasteiger partial charge < -0.3 is 25.5 Å². The molecule has 3 atom stereocenters. The molecular formula is C20H38N3O5S+. The first kappa shape index (κ1) is 25.6. The third-order valence-electron chi connectivity index (χ3n) is 4.50. The van der Waals surface area contributed by atoms with Crippen molar-refractivity contribution >= 4 is 23.7 Å². The molecule has 8 nitrogen and oxygen atoms in total. The first-order chi connectivity index (χ1) is 13.2. The van der Waals surface area contributed by atoms with Gasteiger partial charge >= 0.3 is 6.09 Å². The third kappa shape index (κ3) is 7.71. The minimum atomic E-state index is -1.29. The standard InChI is InChI=1S/C20H37N3O5S/c1-18(2,3)28-17(25)23(7)20(16(21)22-26)11-10-15(27-13-20)14(24)9-8-12-29-19(4,5)6/h10-11,14-15,24,26H,8-9,12-13H2,1-7H3,(H2,21,22)/p+1. The van der Waals surface area contributed by atoms with Gasteiger partial charge in [-0.25, -0.2) is 4.79 Å². The summed E-state index contributed by atoms with van der Waals surface area (Å²) in [7, 11) is 1.50. The predicted octanol–water partition coefficient (Wildman–Crippen LogP) is 2.05. The van der Waals surface area contributed by atoms with Crippen LogP contribution in [0.4, 0.5) is 4.79 Å². The Kier molecular flexibility index (Phi) is 8.86. The van der Waals surface area contributed by atoms with E-state index >= 15 is 0 Å². The molecule has 1 amide bonds. The van der Waals surface area contributed by atoms with Gasteiger partial charge in [0.15, 0.2) is 5.84 Å². The fraction of sp³-hybridized carbons (Fsp3) is 0.800. The number of rotatable bonds is 7. The van der Waals surface area contributed by atoms with Crippen LogP contribution in [-0.4, -0.2) is 74.6 Å². The Labute approximate surface area is 178 Å². The van der Waals surface area contributed by atoms with E-state index in [0.717, 1.165) is 12.2 Å². The first-order valence-electron chi connectivity index (χ1n) is 9.84. The van der Waals surface area contributed by atoms with Gasteiger partial charge in [0.2, 0.25) is 0 Å². The molecule has 0 spiro atoms. The fourth-order valence-electron chi connectivity index (χ4n) is 2.82. The monoisotopic (exact) mass is 432 g/mol. The van der Waals surface area contributed by atoms with Crippen LogP contribution in [-0.2, 0) is 21.2 Å². The van der Waals surface area contributed by atoms with E-state index in [1.165, 1.54) is 23.7 Å². The second-order valence-electron chi connectivity index (χ2n) is 9.35. The number of ether oxygens (including phenoxy) is 2. The number of oxime groups is 1.